The molecule has 0 atom stereocenters. The molecule has 1 fully saturated rings. The average Bonchev–Trinajstić information content (AvgIpc) is 2.33. The molecule has 0 amide bonds. The predicted molar refractivity (Wildman–Crippen MR) is 79.9 cm³/mol. The van der Waals surface area contributed by atoms with Crippen molar-refractivity contribution in [1.82, 2.24) is 4.90 Å². The Morgan fingerprint density at radius 1 is 1.35 bits per heavy atom. The zero-order valence-corrected chi connectivity index (χ0v) is 12.5. The van der Waals surface area contributed by atoms with Gasteiger partial charge in [0, 0.05) is 29.7 Å². The molecule has 1 aliphatic heterocycles. The van der Waals surface area contributed by atoms with Crippen LogP contribution >= 0.6 is 34.2 Å². The third-order valence-corrected chi connectivity index (χ3v) is 3.76. The molecule has 0 aromatic heterocycles. The number of anilines is 1. The van der Waals surface area contributed by atoms with Crippen LogP contribution in [-0.4, -0.2) is 44.3 Å². The van der Waals surface area contributed by atoms with E-state index in [9.17, 15) is 0 Å². The number of nitrogens with one attached hydrogen (secondary N) is 1. The normalized spacial score (nSPS) is 17.1. The summed E-state index contributed by atoms with van der Waals surface area (Å²) in [5, 5.41) is 4.16. The van der Waals surface area contributed by atoms with Gasteiger partial charge in [-0.25, -0.2) is 0 Å². The first-order chi connectivity index (χ1) is 8.25. The number of hydrogen-bond acceptors (Lipinski definition) is 3. The average molecular weight is 367 g/mol. The molecule has 1 saturated heterocycles. The van der Waals surface area contributed by atoms with Gasteiger partial charge in [-0.1, -0.05) is 11.6 Å². The van der Waals surface area contributed by atoms with Gasteiger partial charge >= 0.3 is 0 Å². The fourth-order valence-corrected chi connectivity index (χ4v) is 2.73. The number of hydrogen-bond donors (Lipinski definition) is 1. The second-order valence-electron chi connectivity index (χ2n) is 4.00. The van der Waals surface area contributed by atoms with Gasteiger partial charge in [-0.2, -0.15) is 0 Å². The number of ether oxygens (including phenoxy) is 1. The van der Waals surface area contributed by atoms with Crippen molar-refractivity contribution < 1.29 is 4.74 Å². The summed E-state index contributed by atoms with van der Waals surface area (Å²) in [4.78, 5) is 2.40. The van der Waals surface area contributed by atoms with Gasteiger partial charge in [0.05, 0.1) is 23.9 Å². The molecule has 0 unspecified atom stereocenters. The molecule has 1 aromatic carbocycles. The van der Waals surface area contributed by atoms with Crippen molar-refractivity contribution in [3.05, 3.63) is 26.8 Å². The number of benzene rings is 1. The van der Waals surface area contributed by atoms with Crippen LogP contribution in [0.25, 0.3) is 0 Å². The lowest BCUT2D eigenvalue weighted by Crippen LogP contribution is -2.39. The first kappa shape index (κ1) is 13.4. The highest BCUT2D eigenvalue weighted by atomic mass is 127. The second kappa shape index (κ2) is 6.78. The molecule has 0 bridgehead atoms. The van der Waals surface area contributed by atoms with Crippen LogP contribution in [0.2, 0.25) is 5.02 Å². The van der Waals surface area contributed by atoms with Crippen LogP contribution in [0.3, 0.4) is 0 Å². The molecular weight excluding hydrogens is 351 g/mol. The Kier molecular flexibility index (Phi) is 5.34. The number of rotatable bonds is 4. The fourth-order valence-electron chi connectivity index (χ4n) is 1.81. The minimum Gasteiger partial charge on any atom is -0.383 e. The second-order valence-corrected chi connectivity index (χ2v) is 5.66. The molecule has 5 heteroatoms. The molecule has 0 spiro atoms. The molecule has 3 nitrogen and oxygen atoms in total. The van der Waals surface area contributed by atoms with Gasteiger partial charge in [0.15, 0.2) is 0 Å². The third-order valence-electron chi connectivity index (χ3n) is 2.78. The maximum atomic E-state index is 6.15. The number of halogens is 2. The summed E-state index contributed by atoms with van der Waals surface area (Å²) in [6.07, 6.45) is 0. The molecule has 1 heterocycles. The summed E-state index contributed by atoms with van der Waals surface area (Å²) < 4.78 is 6.47. The molecule has 1 N–H and O–H groups in total. The quantitative estimate of drug-likeness (QED) is 0.829. The molecular formula is C12H16ClIN2O. The Morgan fingerprint density at radius 3 is 2.82 bits per heavy atom. The van der Waals surface area contributed by atoms with Crippen molar-refractivity contribution in [2.24, 2.45) is 0 Å². The summed E-state index contributed by atoms with van der Waals surface area (Å²) in [7, 11) is 0. The van der Waals surface area contributed by atoms with Crippen molar-refractivity contribution in [3.63, 3.8) is 0 Å². The first-order valence-corrected chi connectivity index (χ1v) is 7.20. The van der Waals surface area contributed by atoms with E-state index >= 15 is 0 Å². The fraction of sp³-hybridized carbons (Fsp3) is 0.500. The molecule has 0 aliphatic carbocycles. The van der Waals surface area contributed by atoms with Crippen LogP contribution in [0.1, 0.15) is 0 Å². The molecule has 0 radical (unpaired) electrons. The smallest absolute Gasteiger partial charge is 0.0648 e. The lowest BCUT2D eigenvalue weighted by molar-refractivity contribution is 0.0398. The Balaban J connectivity index is 1.77. The standard InChI is InChI=1S/C12H16ClIN2O/c13-11-9-10(14)1-2-12(11)15-3-4-16-5-7-17-8-6-16/h1-2,9,15H,3-8H2. The van der Waals surface area contributed by atoms with Crippen molar-refractivity contribution in [1.29, 1.82) is 0 Å². The molecule has 2 rings (SSSR count). The minimum atomic E-state index is 0.791. The summed E-state index contributed by atoms with van der Waals surface area (Å²) in [6.45, 7) is 5.71. The van der Waals surface area contributed by atoms with Gasteiger partial charge in [0.25, 0.3) is 0 Å². The summed E-state index contributed by atoms with van der Waals surface area (Å²) in [6, 6.07) is 6.06. The van der Waals surface area contributed by atoms with Gasteiger partial charge in [-0.15, -0.1) is 0 Å². The summed E-state index contributed by atoms with van der Waals surface area (Å²) in [5.41, 5.74) is 1.01. The Bertz CT molecular complexity index is 370. The third kappa shape index (κ3) is 4.28. The lowest BCUT2D eigenvalue weighted by Gasteiger charge is -2.26. The topological polar surface area (TPSA) is 24.5 Å². The van der Waals surface area contributed by atoms with E-state index in [1.54, 1.807) is 0 Å². The zero-order valence-electron chi connectivity index (χ0n) is 9.59. The molecule has 1 aromatic rings. The van der Waals surface area contributed by atoms with E-state index in [-0.39, 0.29) is 0 Å². The number of morpholine rings is 1. The molecule has 94 valence electrons. The van der Waals surface area contributed by atoms with E-state index in [0.717, 1.165) is 53.7 Å². The SMILES string of the molecule is Clc1cc(I)ccc1NCCN1CCOCC1. The van der Waals surface area contributed by atoms with Crippen LogP contribution in [0.4, 0.5) is 5.69 Å². The van der Waals surface area contributed by atoms with E-state index in [1.807, 2.05) is 12.1 Å². The van der Waals surface area contributed by atoms with Crippen molar-refractivity contribution in [3.8, 4) is 0 Å². The van der Waals surface area contributed by atoms with E-state index in [4.69, 9.17) is 16.3 Å². The van der Waals surface area contributed by atoms with Gasteiger partial charge in [-0.3, -0.25) is 4.90 Å². The first-order valence-electron chi connectivity index (χ1n) is 5.75. The van der Waals surface area contributed by atoms with Crippen molar-refractivity contribution >= 4 is 39.9 Å². The highest BCUT2D eigenvalue weighted by Gasteiger charge is 2.09. The van der Waals surface area contributed by atoms with E-state index in [1.165, 1.54) is 0 Å². The van der Waals surface area contributed by atoms with Crippen LogP contribution in [0, 0.1) is 3.57 Å². The predicted octanol–water partition coefficient (Wildman–Crippen LogP) is 2.69. The monoisotopic (exact) mass is 366 g/mol. The molecule has 0 saturated carbocycles. The Hall–Kier alpha value is -0.0400. The highest BCUT2D eigenvalue weighted by molar-refractivity contribution is 14.1. The maximum absolute atomic E-state index is 6.15. The Labute approximate surface area is 121 Å². The van der Waals surface area contributed by atoms with E-state index in [0.29, 0.717) is 0 Å². The van der Waals surface area contributed by atoms with Gasteiger partial charge in [0.2, 0.25) is 0 Å². The zero-order chi connectivity index (χ0) is 12.1. The van der Waals surface area contributed by atoms with Gasteiger partial charge in [0.1, 0.15) is 0 Å². The maximum Gasteiger partial charge on any atom is 0.0648 e. The molecule has 17 heavy (non-hydrogen) atoms. The summed E-state index contributed by atoms with van der Waals surface area (Å²) >= 11 is 8.41. The van der Waals surface area contributed by atoms with Crippen LogP contribution in [0.15, 0.2) is 18.2 Å². The van der Waals surface area contributed by atoms with E-state index in [2.05, 4.69) is 38.9 Å². The van der Waals surface area contributed by atoms with Crippen molar-refractivity contribution in [2.45, 2.75) is 0 Å². The summed E-state index contributed by atoms with van der Waals surface area (Å²) in [5.74, 6) is 0. The number of nitrogens with zero attached hydrogens (tertiary/aromatic N) is 1. The minimum absolute atomic E-state index is 0.791. The van der Waals surface area contributed by atoms with Crippen LogP contribution in [-0.2, 0) is 4.74 Å². The highest BCUT2D eigenvalue weighted by Crippen LogP contribution is 2.23. The lowest BCUT2D eigenvalue weighted by atomic mass is 10.3. The van der Waals surface area contributed by atoms with Crippen LogP contribution in [0.5, 0.6) is 0 Å². The van der Waals surface area contributed by atoms with Crippen molar-refractivity contribution in [2.75, 3.05) is 44.7 Å². The van der Waals surface area contributed by atoms with Gasteiger partial charge in [-0.05, 0) is 40.8 Å². The largest absolute Gasteiger partial charge is 0.383 e. The molecule has 1 aliphatic rings. The van der Waals surface area contributed by atoms with Crippen LogP contribution < -0.4 is 5.32 Å². The van der Waals surface area contributed by atoms with E-state index < -0.39 is 0 Å². The van der Waals surface area contributed by atoms with Gasteiger partial charge < -0.3 is 10.1 Å². The Morgan fingerprint density at radius 2 is 2.12 bits per heavy atom.